The average Bonchev–Trinajstić information content (AvgIpc) is 2.81. The number of aryl methyl sites for hydroxylation is 1. The lowest BCUT2D eigenvalue weighted by Crippen LogP contribution is -2.49. The smallest absolute Gasteiger partial charge is 0.412 e. The number of nitrogens with zero attached hydrogens (tertiary/aromatic N) is 3. The number of rotatable bonds is 7. The lowest BCUT2D eigenvalue weighted by molar-refractivity contribution is -0.132. The first-order valence-electron chi connectivity index (χ1n) is 12.5. The molecule has 0 fully saturated rings. The van der Waals surface area contributed by atoms with E-state index in [0.717, 1.165) is 5.69 Å². The fourth-order valence-corrected chi connectivity index (χ4v) is 3.86. The molecule has 3 aromatic rings. The van der Waals surface area contributed by atoms with Crippen molar-refractivity contribution >= 4 is 34.6 Å². The highest BCUT2D eigenvalue weighted by Crippen LogP contribution is 2.27. The van der Waals surface area contributed by atoms with Crippen LogP contribution in [0.15, 0.2) is 45.7 Å². The fraction of sp³-hybridized carbons (Fsp3) is 0.464. The van der Waals surface area contributed by atoms with Gasteiger partial charge in [-0.15, -0.1) is 0 Å². The van der Waals surface area contributed by atoms with Gasteiger partial charge in [-0.1, -0.05) is 26.8 Å². The molecule has 0 saturated heterocycles. The predicted molar refractivity (Wildman–Crippen MR) is 147 cm³/mol. The topological polar surface area (TPSA) is 127 Å². The molecule has 38 heavy (non-hydrogen) atoms. The van der Waals surface area contributed by atoms with Crippen LogP contribution in [-0.2, 0) is 16.0 Å². The Hall–Kier alpha value is -3.95. The number of carbonyl (C=O) groups excluding carboxylic acids is 2. The maximum atomic E-state index is 13.4. The Labute approximate surface area is 222 Å². The van der Waals surface area contributed by atoms with Crippen molar-refractivity contribution in [3.63, 3.8) is 0 Å². The molecule has 0 unspecified atom stereocenters. The second kappa shape index (κ2) is 11.2. The monoisotopic (exact) mass is 523 g/mol. The Balaban J connectivity index is 1.83. The van der Waals surface area contributed by atoms with Gasteiger partial charge in [0, 0.05) is 37.6 Å². The fourth-order valence-electron chi connectivity index (χ4n) is 3.86. The van der Waals surface area contributed by atoms with Crippen LogP contribution < -0.4 is 16.3 Å². The Bertz CT molecular complexity index is 1360. The van der Waals surface area contributed by atoms with Crippen molar-refractivity contribution in [3.05, 3.63) is 58.2 Å². The summed E-state index contributed by atoms with van der Waals surface area (Å²) in [5, 5.41) is 5.94. The number of fused-ring (bicyclic) bond motifs is 1. The number of pyridine rings is 1. The van der Waals surface area contributed by atoms with Gasteiger partial charge in [0.15, 0.2) is 0 Å². The van der Waals surface area contributed by atoms with Crippen molar-refractivity contribution in [1.29, 1.82) is 0 Å². The standard InChI is InChI=1S/C28H37N5O5/c1-17-19(31-26(36)38-28(5,6)7)12-13-20-21(17)24(35)37-25(30-20)32-22(27(2,3)4)23(34)33(8)16-14-18-11-9-10-15-29-18/h9-13,15,22H,14,16H2,1-8H3,(H,30,32)(H,31,36)/t22-/m1/s1. The zero-order valence-corrected chi connectivity index (χ0v) is 23.3. The van der Waals surface area contributed by atoms with E-state index in [4.69, 9.17) is 9.15 Å². The number of aromatic nitrogens is 2. The van der Waals surface area contributed by atoms with Crippen molar-refractivity contribution in [2.45, 2.75) is 66.5 Å². The Morgan fingerprint density at radius 1 is 1.11 bits per heavy atom. The van der Waals surface area contributed by atoms with Gasteiger partial charge in [0.1, 0.15) is 11.6 Å². The van der Waals surface area contributed by atoms with Gasteiger partial charge in [0.2, 0.25) is 5.91 Å². The third-order valence-electron chi connectivity index (χ3n) is 5.88. The predicted octanol–water partition coefficient (Wildman–Crippen LogP) is 4.77. The quantitative estimate of drug-likeness (QED) is 0.454. The number of benzene rings is 1. The van der Waals surface area contributed by atoms with Crippen LogP contribution in [0, 0.1) is 12.3 Å². The first kappa shape index (κ1) is 28.6. The largest absolute Gasteiger partial charge is 0.444 e. The molecule has 1 atom stereocenters. The van der Waals surface area contributed by atoms with E-state index in [2.05, 4.69) is 20.6 Å². The summed E-state index contributed by atoms with van der Waals surface area (Å²) in [5.74, 6) is -0.161. The van der Waals surface area contributed by atoms with Gasteiger partial charge in [-0.25, -0.2) is 9.59 Å². The van der Waals surface area contributed by atoms with Crippen molar-refractivity contribution in [2.75, 3.05) is 24.2 Å². The van der Waals surface area contributed by atoms with Crippen LogP contribution in [0.1, 0.15) is 52.8 Å². The molecule has 0 aliphatic heterocycles. The molecule has 0 aliphatic carbocycles. The number of ether oxygens (including phenoxy) is 1. The molecule has 2 amide bonds. The van der Waals surface area contributed by atoms with Crippen molar-refractivity contribution in [2.24, 2.45) is 5.41 Å². The van der Waals surface area contributed by atoms with Crippen LogP contribution in [0.25, 0.3) is 10.9 Å². The van der Waals surface area contributed by atoms with Gasteiger partial charge in [0.25, 0.3) is 6.01 Å². The number of amides is 2. The van der Waals surface area contributed by atoms with Gasteiger partial charge < -0.3 is 19.4 Å². The molecule has 204 valence electrons. The molecule has 0 saturated carbocycles. The summed E-state index contributed by atoms with van der Waals surface area (Å²) in [6.45, 7) is 13.2. The number of hydrogen-bond acceptors (Lipinski definition) is 8. The number of likely N-dealkylation sites (N-methyl/N-ethyl adjacent to an activating group) is 1. The van der Waals surface area contributed by atoms with Crippen molar-refractivity contribution in [3.8, 4) is 0 Å². The molecule has 10 nitrogen and oxygen atoms in total. The minimum atomic E-state index is -0.710. The number of nitrogens with one attached hydrogen (secondary N) is 2. The van der Waals surface area contributed by atoms with E-state index < -0.39 is 28.8 Å². The summed E-state index contributed by atoms with van der Waals surface area (Å²) in [6.07, 6.45) is 1.71. The van der Waals surface area contributed by atoms with Crippen molar-refractivity contribution in [1.82, 2.24) is 14.9 Å². The highest BCUT2D eigenvalue weighted by atomic mass is 16.6. The van der Waals surface area contributed by atoms with Crippen LogP contribution >= 0.6 is 0 Å². The molecule has 1 aromatic carbocycles. The summed E-state index contributed by atoms with van der Waals surface area (Å²) in [4.78, 5) is 49.0. The molecular weight excluding hydrogens is 486 g/mol. The zero-order valence-electron chi connectivity index (χ0n) is 23.3. The van der Waals surface area contributed by atoms with Gasteiger partial charge in [-0.3, -0.25) is 15.1 Å². The highest BCUT2D eigenvalue weighted by molar-refractivity contribution is 5.93. The average molecular weight is 524 g/mol. The SMILES string of the molecule is Cc1c(NC(=O)OC(C)(C)C)ccc2nc(N[C@H](C(=O)N(C)CCc3ccccn3)C(C)(C)C)oc(=O)c12. The lowest BCUT2D eigenvalue weighted by Gasteiger charge is -2.33. The first-order valence-corrected chi connectivity index (χ1v) is 12.5. The summed E-state index contributed by atoms with van der Waals surface area (Å²) >= 11 is 0. The molecule has 2 aromatic heterocycles. The molecule has 0 bridgehead atoms. The van der Waals surface area contributed by atoms with Gasteiger partial charge in [-0.2, -0.15) is 4.98 Å². The molecule has 2 N–H and O–H groups in total. The van der Waals surface area contributed by atoms with Crippen molar-refractivity contribution < 1.29 is 18.7 Å². The number of hydrogen-bond donors (Lipinski definition) is 2. The van der Waals surface area contributed by atoms with E-state index in [0.29, 0.717) is 29.7 Å². The van der Waals surface area contributed by atoms with E-state index in [1.54, 1.807) is 58.0 Å². The minimum absolute atomic E-state index is 0.0545. The number of carbonyl (C=O) groups is 2. The second-order valence-corrected chi connectivity index (χ2v) is 11.3. The third-order valence-corrected chi connectivity index (χ3v) is 5.88. The Morgan fingerprint density at radius 3 is 2.42 bits per heavy atom. The van der Waals surface area contributed by atoms with E-state index in [1.165, 1.54) is 0 Å². The van der Waals surface area contributed by atoms with Crippen LogP contribution in [0.4, 0.5) is 16.5 Å². The molecule has 2 heterocycles. The second-order valence-electron chi connectivity index (χ2n) is 11.3. The third kappa shape index (κ3) is 7.30. The minimum Gasteiger partial charge on any atom is -0.444 e. The number of anilines is 2. The maximum Gasteiger partial charge on any atom is 0.412 e. The molecular formula is C28H37N5O5. The molecule has 3 rings (SSSR count). The Morgan fingerprint density at radius 2 is 1.82 bits per heavy atom. The molecule has 0 spiro atoms. The Kier molecular flexibility index (Phi) is 8.44. The molecule has 0 aliphatic rings. The summed E-state index contributed by atoms with van der Waals surface area (Å²) in [6, 6.07) is 8.18. The van der Waals surface area contributed by atoms with Gasteiger partial charge in [-0.05, 0) is 62.9 Å². The molecule has 0 radical (unpaired) electrons. The lowest BCUT2D eigenvalue weighted by atomic mass is 9.86. The van der Waals surface area contributed by atoms with Crippen LogP contribution in [-0.4, -0.2) is 52.1 Å². The van der Waals surface area contributed by atoms with Crippen LogP contribution in [0.2, 0.25) is 0 Å². The summed E-state index contributed by atoms with van der Waals surface area (Å²) < 4.78 is 10.8. The van der Waals surface area contributed by atoms with Gasteiger partial charge in [0.05, 0.1) is 10.9 Å². The van der Waals surface area contributed by atoms with E-state index >= 15 is 0 Å². The van der Waals surface area contributed by atoms with Crippen LogP contribution in [0.5, 0.6) is 0 Å². The van der Waals surface area contributed by atoms with Crippen LogP contribution in [0.3, 0.4) is 0 Å². The first-order chi connectivity index (χ1) is 17.7. The van der Waals surface area contributed by atoms with E-state index in [9.17, 15) is 14.4 Å². The highest BCUT2D eigenvalue weighted by Gasteiger charge is 2.34. The zero-order chi connectivity index (χ0) is 28.3. The summed E-state index contributed by atoms with van der Waals surface area (Å²) in [7, 11) is 1.73. The van der Waals surface area contributed by atoms with E-state index in [1.807, 2.05) is 39.0 Å². The van der Waals surface area contributed by atoms with Gasteiger partial charge >= 0.3 is 11.7 Å². The normalized spacial score (nSPS) is 12.6. The summed E-state index contributed by atoms with van der Waals surface area (Å²) in [5.41, 5.74) is 0.376. The molecule has 10 heteroatoms. The maximum absolute atomic E-state index is 13.4. The van der Waals surface area contributed by atoms with E-state index in [-0.39, 0.29) is 17.3 Å².